The van der Waals surface area contributed by atoms with Gasteiger partial charge in [0.15, 0.2) is 0 Å². The van der Waals surface area contributed by atoms with Gasteiger partial charge in [-0.25, -0.2) is 0 Å². The maximum Gasteiger partial charge on any atom is 0.305 e. The largest absolute Gasteiger partial charge is 0.462 e. The zero-order chi connectivity index (χ0) is 25.6. The van der Waals surface area contributed by atoms with Gasteiger partial charge < -0.3 is 14.2 Å². The fourth-order valence-corrected chi connectivity index (χ4v) is 10.0. The van der Waals surface area contributed by atoms with Crippen LogP contribution in [0.3, 0.4) is 0 Å². The molecule has 9 atom stereocenters. The third-order valence-corrected chi connectivity index (χ3v) is 11.4. The first-order valence-electron chi connectivity index (χ1n) is 13.5. The van der Waals surface area contributed by atoms with Crippen molar-refractivity contribution in [1.82, 2.24) is 0 Å². The first-order chi connectivity index (χ1) is 16.2. The van der Waals surface area contributed by atoms with E-state index in [1.165, 1.54) is 33.1 Å². The number of rotatable bonds is 2. The second-order valence-electron chi connectivity index (χ2n) is 13.5. The molecule has 4 saturated carbocycles. The van der Waals surface area contributed by atoms with Gasteiger partial charge in [0.2, 0.25) is 0 Å². The van der Waals surface area contributed by atoms with E-state index in [2.05, 4.69) is 34.6 Å². The molecule has 6 nitrogen and oxygen atoms in total. The molecule has 0 unspecified atom stereocenters. The summed E-state index contributed by atoms with van der Waals surface area (Å²) in [6.45, 7) is 14.5. The van der Waals surface area contributed by atoms with Crippen molar-refractivity contribution in [1.29, 1.82) is 0 Å². The van der Waals surface area contributed by atoms with Crippen LogP contribution in [0.15, 0.2) is 11.8 Å². The van der Waals surface area contributed by atoms with Crippen LogP contribution >= 0.6 is 0 Å². The number of fused-ring (bicyclic) bond motifs is 7. The summed E-state index contributed by atoms with van der Waals surface area (Å²) in [6, 6.07) is 0. The van der Waals surface area contributed by atoms with Gasteiger partial charge in [-0.05, 0) is 66.1 Å². The van der Waals surface area contributed by atoms with Crippen molar-refractivity contribution in [2.75, 3.05) is 0 Å². The number of hydrogen-bond donors (Lipinski definition) is 0. The van der Waals surface area contributed by atoms with Crippen LogP contribution in [0.2, 0.25) is 0 Å². The fraction of sp³-hybridized carbons (Fsp3) is 0.828. The minimum Gasteiger partial charge on any atom is -0.462 e. The molecule has 0 N–H and O–H groups in total. The molecule has 0 amide bonds. The van der Waals surface area contributed by atoms with Gasteiger partial charge in [-0.2, -0.15) is 0 Å². The third kappa shape index (κ3) is 3.37. The van der Waals surface area contributed by atoms with E-state index < -0.39 is 29.7 Å². The van der Waals surface area contributed by atoms with Gasteiger partial charge in [-0.3, -0.25) is 14.4 Å². The quantitative estimate of drug-likeness (QED) is 0.474. The molecule has 0 saturated heterocycles. The molecule has 0 aromatic heterocycles. The third-order valence-electron chi connectivity index (χ3n) is 11.4. The van der Waals surface area contributed by atoms with Gasteiger partial charge in [0.1, 0.15) is 11.9 Å². The second kappa shape index (κ2) is 7.82. The number of ether oxygens (including phenoxy) is 3. The van der Waals surface area contributed by atoms with Crippen LogP contribution in [-0.4, -0.2) is 30.1 Å². The number of carbonyl (C=O) groups is 3. The molecule has 0 aromatic rings. The highest BCUT2D eigenvalue weighted by molar-refractivity contribution is 5.88. The van der Waals surface area contributed by atoms with Crippen LogP contribution in [0.4, 0.5) is 0 Å². The van der Waals surface area contributed by atoms with E-state index in [1.54, 1.807) is 6.26 Å². The Morgan fingerprint density at radius 2 is 1.57 bits per heavy atom. The predicted octanol–water partition coefficient (Wildman–Crippen LogP) is 5.59. The number of Topliss-reactive ketones (excluding diaryl/α,β-unsaturated/α-hetero) is 1. The Bertz CT molecular complexity index is 982. The summed E-state index contributed by atoms with van der Waals surface area (Å²) in [5, 5.41) is 0. The molecule has 6 heteroatoms. The maximum absolute atomic E-state index is 14.3. The van der Waals surface area contributed by atoms with Gasteiger partial charge in [0.25, 0.3) is 6.29 Å². The summed E-state index contributed by atoms with van der Waals surface area (Å²) >= 11 is 0. The molecule has 4 fully saturated rings. The lowest BCUT2D eigenvalue weighted by atomic mass is 9.34. The molecule has 5 aliphatic rings. The summed E-state index contributed by atoms with van der Waals surface area (Å²) in [6.07, 6.45) is 7.26. The zero-order valence-electron chi connectivity index (χ0n) is 22.4. The van der Waals surface area contributed by atoms with Gasteiger partial charge in [-0.1, -0.05) is 41.0 Å². The topological polar surface area (TPSA) is 78.9 Å². The van der Waals surface area contributed by atoms with Crippen molar-refractivity contribution in [2.24, 2.45) is 45.3 Å². The molecule has 0 radical (unpaired) electrons. The fourth-order valence-electron chi connectivity index (χ4n) is 10.0. The molecule has 1 aliphatic heterocycles. The predicted molar refractivity (Wildman–Crippen MR) is 130 cm³/mol. The van der Waals surface area contributed by atoms with Crippen molar-refractivity contribution < 1.29 is 28.6 Å². The smallest absolute Gasteiger partial charge is 0.305 e. The summed E-state index contributed by atoms with van der Waals surface area (Å²) in [7, 11) is 0. The lowest BCUT2D eigenvalue weighted by Gasteiger charge is -2.69. The molecule has 0 bridgehead atoms. The van der Waals surface area contributed by atoms with E-state index in [0.717, 1.165) is 18.4 Å². The molecular formula is C29H42O6. The molecule has 194 valence electrons. The van der Waals surface area contributed by atoms with Gasteiger partial charge >= 0.3 is 11.9 Å². The maximum atomic E-state index is 14.3. The minimum absolute atomic E-state index is 0.00956. The number of esters is 2. The lowest BCUT2D eigenvalue weighted by molar-refractivity contribution is -0.225. The van der Waals surface area contributed by atoms with Crippen LogP contribution in [0.1, 0.15) is 93.4 Å². The summed E-state index contributed by atoms with van der Waals surface area (Å²) in [5.41, 5.74) is 0.354. The van der Waals surface area contributed by atoms with Crippen molar-refractivity contribution in [3.8, 4) is 0 Å². The number of carbonyl (C=O) groups excluding carboxylic acids is 3. The monoisotopic (exact) mass is 486 g/mol. The Morgan fingerprint density at radius 3 is 2.23 bits per heavy atom. The molecule has 0 aromatic carbocycles. The highest BCUT2D eigenvalue weighted by Gasteiger charge is 2.71. The zero-order valence-corrected chi connectivity index (χ0v) is 22.4. The summed E-state index contributed by atoms with van der Waals surface area (Å²) < 4.78 is 17.3. The Kier molecular flexibility index (Phi) is 5.55. The van der Waals surface area contributed by atoms with E-state index in [9.17, 15) is 14.4 Å². The van der Waals surface area contributed by atoms with Crippen LogP contribution in [0.25, 0.3) is 0 Å². The first kappa shape index (κ1) is 24.8. The van der Waals surface area contributed by atoms with Gasteiger partial charge in [-0.15, -0.1) is 0 Å². The standard InChI is InChI=1S/C29H42O6/c1-16(30)34-19-13-22-28(6)12-9-20-26(3,4)10-8-11-27(20,5)21(28)14-23(32)29(22,7)24-18(19)15-33-25(24)35-17(2)31/h15,19-22,24-25H,8-14H2,1-7H3/t19-,20-,21+,22-,24+,25-,27-,28+,29+/m0/s1. The number of ketones is 1. The Hall–Kier alpha value is -1.85. The second-order valence-corrected chi connectivity index (χ2v) is 13.5. The Labute approximate surface area is 209 Å². The van der Waals surface area contributed by atoms with Crippen LogP contribution in [0.5, 0.6) is 0 Å². The SMILES string of the molecule is CC(=O)O[C@@H]1OC=C2[C@@H](OC(C)=O)C[C@H]3[C@]4(C)CC[C@H]5C(C)(C)CCC[C@]5(C)[C@H]4CC(=O)[C@]3(C)[C@H]21. The van der Waals surface area contributed by atoms with Crippen molar-refractivity contribution >= 4 is 17.7 Å². The molecule has 5 rings (SSSR count). The van der Waals surface area contributed by atoms with E-state index in [1.807, 2.05) is 0 Å². The normalized spacial score (nSPS) is 47.7. The molecule has 4 aliphatic carbocycles. The average Bonchev–Trinajstić information content (AvgIpc) is 3.15. The summed E-state index contributed by atoms with van der Waals surface area (Å²) in [5.74, 6) is -0.0757. The highest BCUT2D eigenvalue weighted by Crippen LogP contribution is 2.73. The molecule has 0 spiro atoms. The lowest BCUT2D eigenvalue weighted by Crippen LogP contribution is -2.67. The Balaban J connectivity index is 1.60. The van der Waals surface area contributed by atoms with Crippen LogP contribution in [0, 0.1) is 45.3 Å². The number of hydrogen-bond acceptors (Lipinski definition) is 6. The minimum atomic E-state index is -0.863. The van der Waals surface area contributed by atoms with Crippen molar-refractivity contribution in [3.05, 3.63) is 11.8 Å². The summed E-state index contributed by atoms with van der Waals surface area (Å²) in [4.78, 5) is 38.3. The highest BCUT2D eigenvalue weighted by atomic mass is 16.7. The molecule has 35 heavy (non-hydrogen) atoms. The van der Waals surface area contributed by atoms with E-state index in [4.69, 9.17) is 14.2 Å². The molecule has 1 heterocycles. The van der Waals surface area contributed by atoms with Gasteiger partial charge in [0.05, 0.1) is 12.2 Å². The van der Waals surface area contributed by atoms with Crippen molar-refractivity contribution in [2.45, 2.75) is 106 Å². The van der Waals surface area contributed by atoms with E-state index in [0.29, 0.717) is 18.8 Å². The van der Waals surface area contributed by atoms with Crippen LogP contribution < -0.4 is 0 Å². The average molecular weight is 487 g/mol. The van der Waals surface area contributed by atoms with Gasteiger partial charge in [0, 0.05) is 31.3 Å². The van der Waals surface area contributed by atoms with Crippen molar-refractivity contribution in [3.63, 3.8) is 0 Å². The molecular weight excluding hydrogens is 444 g/mol. The first-order valence-corrected chi connectivity index (χ1v) is 13.5. The van der Waals surface area contributed by atoms with E-state index >= 15 is 0 Å². The van der Waals surface area contributed by atoms with Crippen LogP contribution in [-0.2, 0) is 28.6 Å². The Morgan fingerprint density at radius 1 is 0.914 bits per heavy atom. The van der Waals surface area contributed by atoms with E-state index in [-0.39, 0.29) is 39.8 Å².